The SMILES string of the molecule is COc1ccc(S(=O)(=O)Nc2nnc(SC)s2)cc1C(=O)N1CCCCC1. The molecule has 3 rings (SSSR count). The van der Waals surface area contributed by atoms with Crippen molar-refractivity contribution < 1.29 is 17.9 Å². The first-order valence-corrected chi connectivity index (χ1v) is 11.8. The zero-order valence-corrected chi connectivity index (χ0v) is 17.4. The third kappa shape index (κ3) is 4.53. The van der Waals surface area contributed by atoms with E-state index in [4.69, 9.17) is 4.74 Å². The van der Waals surface area contributed by atoms with Crippen LogP contribution in [0.5, 0.6) is 5.75 Å². The van der Waals surface area contributed by atoms with Crippen molar-refractivity contribution in [3.63, 3.8) is 0 Å². The Morgan fingerprint density at radius 3 is 2.63 bits per heavy atom. The van der Waals surface area contributed by atoms with Gasteiger partial charge in [-0.1, -0.05) is 23.1 Å². The van der Waals surface area contributed by atoms with Crippen molar-refractivity contribution in [2.45, 2.75) is 28.5 Å². The minimum absolute atomic E-state index is 0.0236. The summed E-state index contributed by atoms with van der Waals surface area (Å²) in [5.74, 6) is 0.134. The van der Waals surface area contributed by atoms with Gasteiger partial charge in [0.15, 0.2) is 4.34 Å². The van der Waals surface area contributed by atoms with E-state index >= 15 is 0 Å². The maximum Gasteiger partial charge on any atom is 0.263 e. The summed E-state index contributed by atoms with van der Waals surface area (Å²) in [6, 6.07) is 4.26. The van der Waals surface area contributed by atoms with Gasteiger partial charge in [0.1, 0.15) is 5.75 Å². The minimum atomic E-state index is -3.90. The second-order valence-corrected chi connectivity index (χ2v) is 9.61. The van der Waals surface area contributed by atoms with E-state index in [1.807, 2.05) is 6.26 Å². The van der Waals surface area contributed by atoms with E-state index in [1.54, 1.807) is 4.90 Å². The summed E-state index contributed by atoms with van der Waals surface area (Å²) in [6.07, 6.45) is 4.82. The molecule has 1 amide bonds. The smallest absolute Gasteiger partial charge is 0.263 e. The monoisotopic (exact) mass is 428 g/mol. The molecule has 11 heteroatoms. The molecule has 8 nitrogen and oxygen atoms in total. The van der Waals surface area contributed by atoms with Gasteiger partial charge in [-0.3, -0.25) is 9.52 Å². The maximum atomic E-state index is 12.9. The molecule has 0 spiro atoms. The van der Waals surface area contributed by atoms with Crippen LogP contribution in [0.1, 0.15) is 29.6 Å². The number of benzene rings is 1. The number of nitrogens with zero attached hydrogens (tertiary/aromatic N) is 3. The number of nitrogens with one attached hydrogen (secondary N) is 1. The molecular weight excluding hydrogens is 408 g/mol. The van der Waals surface area contributed by atoms with E-state index in [0.717, 1.165) is 30.6 Å². The summed E-state index contributed by atoms with van der Waals surface area (Å²) >= 11 is 2.53. The van der Waals surface area contributed by atoms with Crippen molar-refractivity contribution in [1.82, 2.24) is 15.1 Å². The van der Waals surface area contributed by atoms with Crippen molar-refractivity contribution >= 4 is 44.2 Å². The lowest BCUT2D eigenvalue weighted by Gasteiger charge is -2.27. The maximum absolute atomic E-state index is 12.9. The van der Waals surface area contributed by atoms with Crippen LogP contribution in [0.3, 0.4) is 0 Å². The van der Waals surface area contributed by atoms with Gasteiger partial charge in [0, 0.05) is 13.1 Å². The molecule has 0 saturated carbocycles. The van der Waals surface area contributed by atoms with Crippen LogP contribution in [0.4, 0.5) is 5.13 Å². The van der Waals surface area contributed by atoms with Crippen LogP contribution in [0.25, 0.3) is 0 Å². The van der Waals surface area contributed by atoms with Crippen LogP contribution in [0.15, 0.2) is 27.4 Å². The van der Waals surface area contributed by atoms with Gasteiger partial charge < -0.3 is 9.64 Å². The van der Waals surface area contributed by atoms with Gasteiger partial charge in [-0.2, -0.15) is 0 Å². The Balaban J connectivity index is 1.90. The molecule has 2 aromatic rings. The first-order valence-electron chi connectivity index (χ1n) is 8.32. The number of likely N-dealkylation sites (tertiary alicyclic amines) is 1. The van der Waals surface area contributed by atoms with E-state index in [0.29, 0.717) is 23.2 Å². The van der Waals surface area contributed by atoms with E-state index in [2.05, 4.69) is 14.9 Å². The predicted molar refractivity (Wildman–Crippen MR) is 105 cm³/mol. The molecule has 2 heterocycles. The molecular formula is C16H20N4O4S3. The Hall–Kier alpha value is -1.85. The fourth-order valence-electron chi connectivity index (χ4n) is 2.80. The molecule has 0 bridgehead atoms. The quantitative estimate of drug-likeness (QED) is 0.706. The second-order valence-electron chi connectivity index (χ2n) is 5.90. The lowest BCUT2D eigenvalue weighted by molar-refractivity contribution is 0.0720. The zero-order valence-electron chi connectivity index (χ0n) is 15.0. The number of hydrogen-bond donors (Lipinski definition) is 1. The Morgan fingerprint density at radius 2 is 2.00 bits per heavy atom. The third-order valence-electron chi connectivity index (χ3n) is 4.16. The molecule has 27 heavy (non-hydrogen) atoms. The third-order valence-corrected chi connectivity index (χ3v) is 7.44. The molecule has 1 N–H and O–H groups in total. The van der Waals surface area contributed by atoms with Gasteiger partial charge in [-0.25, -0.2) is 8.42 Å². The highest BCUT2D eigenvalue weighted by Gasteiger charge is 2.25. The molecule has 1 aliphatic heterocycles. The van der Waals surface area contributed by atoms with Crippen molar-refractivity contribution in [1.29, 1.82) is 0 Å². The number of rotatable bonds is 6. The van der Waals surface area contributed by atoms with Gasteiger partial charge in [0.2, 0.25) is 5.13 Å². The average molecular weight is 429 g/mol. The van der Waals surface area contributed by atoms with Crippen molar-refractivity contribution in [2.24, 2.45) is 0 Å². The van der Waals surface area contributed by atoms with Crippen molar-refractivity contribution in [3.8, 4) is 5.75 Å². The van der Waals surface area contributed by atoms with Crippen molar-refractivity contribution in [3.05, 3.63) is 23.8 Å². The number of amides is 1. The molecule has 1 aliphatic rings. The van der Waals surface area contributed by atoms with Crippen LogP contribution in [0, 0.1) is 0 Å². The average Bonchev–Trinajstić information content (AvgIpc) is 3.14. The van der Waals surface area contributed by atoms with Crippen LogP contribution in [0.2, 0.25) is 0 Å². The van der Waals surface area contributed by atoms with E-state index in [-0.39, 0.29) is 21.5 Å². The highest BCUT2D eigenvalue weighted by Crippen LogP contribution is 2.28. The first kappa shape index (κ1) is 19.9. The number of anilines is 1. The summed E-state index contributed by atoms with van der Waals surface area (Å²) in [5.41, 5.74) is 0.240. The minimum Gasteiger partial charge on any atom is -0.496 e. The molecule has 0 aliphatic carbocycles. The molecule has 1 aromatic carbocycles. The number of thioether (sulfide) groups is 1. The summed E-state index contributed by atoms with van der Waals surface area (Å²) in [5, 5.41) is 7.87. The predicted octanol–water partition coefficient (Wildman–Crippen LogP) is 2.70. The summed E-state index contributed by atoms with van der Waals surface area (Å²) < 4.78 is 33.8. The molecule has 0 unspecified atom stereocenters. The number of piperidine rings is 1. The molecule has 1 aromatic heterocycles. The number of ether oxygens (including phenoxy) is 1. The number of carbonyl (C=O) groups is 1. The molecule has 146 valence electrons. The van der Waals surface area contributed by atoms with Gasteiger partial charge in [0.25, 0.3) is 15.9 Å². The summed E-state index contributed by atoms with van der Waals surface area (Å²) in [7, 11) is -2.44. The van der Waals surface area contributed by atoms with Crippen LogP contribution >= 0.6 is 23.1 Å². The summed E-state index contributed by atoms with van der Waals surface area (Å²) in [4.78, 5) is 14.6. The van der Waals surface area contributed by atoms with Gasteiger partial charge in [0.05, 0.1) is 17.6 Å². The number of methoxy groups -OCH3 is 1. The number of carbonyl (C=O) groups excluding carboxylic acids is 1. The van der Waals surface area contributed by atoms with Gasteiger partial charge >= 0.3 is 0 Å². The van der Waals surface area contributed by atoms with Crippen LogP contribution in [-0.4, -0.2) is 55.9 Å². The van der Waals surface area contributed by atoms with Gasteiger partial charge in [-0.15, -0.1) is 10.2 Å². The normalized spacial score (nSPS) is 14.8. The lowest BCUT2D eigenvalue weighted by atomic mass is 10.1. The Labute approximate surface area is 166 Å². The fraction of sp³-hybridized carbons (Fsp3) is 0.438. The molecule has 0 atom stereocenters. The Bertz CT molecular complexity index is 923. The fourth-order valence-corrected chi connectivity index (χ4v) is 5.22. The number of hydrogen-bond acceptors (Lipinski definition) is 8. The highest BCUT2D eigenvalue weighted by atomic mass is 32.2. The zero-order chi connectivity index (χ0) is 19.4. The number of aromatic nitrogens is 2. The lowest BCUT2D eigenvalue weighted by Crippen LogP contribution is -2.35. The molecule has 1 saturated heterocycles. The van der Waals surface area contributed by atoms with Crippen LogP contribution < -0.4 is 9.46 Å². The highest BCUT2D eigenvalue weighted by molar-refractivity contribution is 8.00. The standard InChI is InChI=1S/C16H20N4O4S3/c1-24-13-7-6-11(10-12(13)14(21)20-8-4-3-5-9-20)27(22,23)19-15-17-18-16(25-2)26-15/h6-7,10H,3-5,8-9H2,1-2H3,(H,17,19). The van der Waals surface area contributed by atoms with E-state index in [9.17, 15) is 13.2 Å². The summed E-state index contributed by atoms with van der Waals surface area (Å²) in [6.45, 7) is 1.33. The first-order chi connectivity index (χ1) is 12.9. The van der Waals surface area contributed by atoms with Gasteiger partial charge in [-0.05, 0) is 43.7 Å². The second kappa shape index (κ2) is 8.44. The number of sulfonamides is 1. The Morgan fingerprint density at radius 1 is 1.26 bits per heavy atom. The largest absolute Gasteiger partial charge is 0.496 e. The Kier molecular flexibility index (Phi) is 6.22. The van der Waals surface area contributed by atoms with Crippen LogP contribution in [-0.2, 0) is 10.0 Å². The molecule has 1 fully saturated rings. The van der Waals surface area contributed by atoms with E-state index < -0.39 is 10.0 Å². The van der Waals surface area contributed by atoms with E-state index in [1.165, 1.54) is 37.1 Å². The molecule has 0 radical (unpaired) electrons. The topological polar surface area (TPSA) is 101 Å². The van der Waals surface area contributed by atoms with Crippen molar-refractivity contribution in [2.75, 3.05) is 31.2 Å².